The number of nitrogens with one attached hydrogen (secondary N) is 1. The first-order chi connectivity index (χ1) is 25.8. The van der Waals surface area contributed by atoms with Gasteiger partial charge in [-0.25, -0.2) is 4.57 Å². The monoisotopic (exact) mass is 789 g/mol. The van der Waals surface area contributed by atoms with Crippen molar-refractivity contribution in [3.05, 3.63) is 48.6 Å². The molecule has 9 N–H and O–H groups in total. The molecule has 54 heavy (non-hydrogen) atoms. The highest BCUT2D eigenvalue weighted by atomic mass is 31.2. The Morgan fingerprint density at radius 3 is 1.76 bits per heavy atom. The van der Waals surface area contributed by atoms with Crippen molar-refractivity contribution in [3.8, 4) is 0 Å². The Kier molecular flexibility index (Phi) is 28.3. The van der Waals surface area contributed by atoms with Crippen LogP contribution in [-0.2, 0) is 18.4 Å². The van der Waals surface area contributed by atoms with E-state index in [1.165, 1.54) is 51.0 Å². The largest absolute Gasteiger partial charge is 0.472 e. The van der Waals surface area contributed by atoms with Crippen molar-refractivity contribution in [1.29, 1.82) is 0 Å². The summed E-state index contributed by atoms with van der Waals surface area (Å²) in [6.07, 6.45) is 19.4. The van der Waals surface area contributed by atoms with Gasteiger partial charge in [0.1, 0.15) is 36.6 Å². The van der Waals surface area contributed by atoms with Gasteiger partial charge in [-0.1, -0.05) is 120 Å². The zero-order valence-corrected chi connectivity index (χ0v) is 33.5. The van der Waals surface area contributed by atoms with E-state index in [1.54, 1.807) is 6.08 Å². The first-order valence-corrected chi connectivity index (χ1v) is 21.7. The summed E-state index contributed by atoms with van der Waals surface area (Å²) in [7, 11) is -5.14. The molecule has 1 saturated carbocycles. The van der Waals surface area contributed by atoms with Crippen LogP contribution >= 0.6 is 7.82 Å². The van der Waals surface area contributed by atoms with Crippen molar-refractivity contribution in [1.82, 2.24) is 5.32 Å². The fraction of sp³-hybridized carbons (Fsp3) is 0.775. The van der Waals surface area contributed by atoms with Gasteiger partial charge in [-0.05, 0) is 57.8 Å². The predicted molar refractivity (Wildman–Crippen MR) is 210 cm³/mol. The number of aliphatic hydroxyl groups is 7. The van der Waals surface area contributed by atoms with E-state index in [-0.39, 0.29) is 6.42 Å². The van der Waals surface area contributed by atoms with Crippen molar-refractivity contribution < 1.29 is 59.0 Å². The third-order valence-corrected chi connectivity index (χ3v) is 10.4. The minimum Gasteiger partial charge on any atom is -0.393 e. The number of hydrogen-bond donors (Lipinski definition) is 9. The lowest BCUT2D eigenvalue weighted by molar-refractivity contribution is -0.220. The lowest BCUT2D eigenvalue weighted by atomic mass is 9.85. The van der Waals surface area contributed by atoms with Crippen LogP contribution < -0.4 is 5.32 Å². The van der Waals surface area contributed by atoms with Gasteiger partial charge < -0.3 is 46.0 Å². The average molecular weight is 790 g/mol. The number of carbonyl (C=O) groups excluding carboxylic acids is 1. The highest BCUT2D eigenvalue weighted by molar-refractivity contribution is 7.47. The Hall–Kier alpha value is -1.74. The molecule has 0 bridgehead atoms. The average Bonchev–Trinajstić information content (AvgIpc) is 3.14. The predicted octanol–water partition coefficient (Wildman–Crippen LogP) is 5.19. The Labute approximate surface area is 323 Å². The number of aliphatic hydroxyl groups excluding tert-OH is 7. The van der Waals surface area contributed by atoms with Gasteiger partial charge in [-0.3, -0.25) is 13.8 Å². The highest BCUT2D eigenvalue weighted by Gasteiger charge is 2.51. The number of allylic oxidation sites excluding steroid dienone is 7. The van der Waals surface area contributed by atoms with Crippen LogP contribution in [0, 0.1) is 0 Å². The molecule has 1 amide bonds. The summed E-state index contributed by atoms with van der Waals surface area (Å²) in [4.78, 5) is 23.3. The molecule has 314 valence electrons. The number of unbranched alkanes of at least 4 members (excludes halogenated alkanes) is 13. The first-order valence-electron chi connectivity index (χ1n) is 20.2. The molecule has 0 aromatic carbocycles. The summed E-state index contributed by atoms with van der Waals surface area (Å²) in [6.45, 7) is 3.62. The number of phosphoric acid groups is 1. The Balaban J connectivity index is 2.67. The van der Waals surface area contributed by atoms with Crippen LogP contribution in [0.5, 0.6) is 0 Å². The maximum atomic E-state index is 12.9. The topological polar surface area (TPSA) is 226 Å². The van der Waals surface area contributed by atoms with Gasteiger partial charge in [-0.15, -0.1) is 0 Å². The second kappa shape index (κ2) is 30.4. The van der Waals surface area contributed by atoms with Crippen LogP contribution in [0.15, 0.2) is 48.6 Å². The maximum absolute atomic E-state index is 12.9. The quantitative estimate of drug-likeness (QED) is 0.0192. The number of carbonyl (C=O) groups is 1. The number of rotatable bonds is 31. The molecule has 0 aromatic heterocycles. The second-order valence-electron chi connectivity index (χ2n) is 14.3. The molecule has 8 unspecified atom stereocenters. The number of amides is 1. The number of phosphoric ester groups is 1. The van der Waals surface area contributed by atoms with E-state index >= 15 is 0 Å². The van der Waals surface area contributed by atoms with Crippen molar-refractivity contribution in [2.75, 3.05) is 6.61 Å². The third-order valence-electron chi connectivity index (χ3n) is 9.41. The van der Waals surface area contributed by atoms with Gasteiger partial charge in [-0.2, -0.15) is 0 Å². The van der Waals surface area contributed by atoms with E-state index in [1.807, 2.05) is 0 Å². The molecule has 0 spiro atoms. The summed E-state index contributed by atoms with van der Waals surface area (Å²) in [5.41, 5.74) is 0. The second-order valence-corrected chi connectivity index (χ2v) is 15.7. The first kappa shape index (κ1) is 50.3. The van der Waals surface area contributed by atoms with Crippen molar-refractivity contribution in [2.24, 2.45) is 0 Å². The molecule has 0 radical (unpaired) electrons. The standard InChI is InChI=1S/C40H72NO12P/c1-3-5-7-9-11-13-15-16-18-19-21-23-25-27-31(42)29-34(44)41-32(33(43)28-26-24-22-20-17-14-12-10-8-6-4-2)30-52-54(50,51)53-40-38(48)36(46)35(45)37(47)39(40)49/h11,13,15-17,20,26,28,31-33,35-40,42-43,45-49H,3-10,12,14,18-19,21-25,27,29-30H2,1-2H3,(H,41,44)(H,50,51)/b13-11-,16-15-,20-17+,28-26+. The van der Waals surface area contributed by atoms with Crippen LogP contribution in [0.25, 0.3) is 0 Å². The van der Waals surface area contributed by atoms with Crippen molar-refractivity contribution >= 4 is 13.7 Å². The van der Waals surface area contributed by atoms with E-state index in [2.05, 4.69) is 55.6 Å². The van der Waals surface area contributed by atoms with E-state index in [4.69, 9.17) is 9.05 Å². The van der Waals surface area contributed by atoms with Crippen molar-refractivity contribution in [3.63, 3.8) is 0 Å². The van der Waals surface area contributed by atoms with E-state index in [9.17, 15) is 50.0 Å². The van der Waals surface area contributed by atoms with Gasteiger partial charge in [0.05, 0.1) is 31.3 Å². The molecular formula is C40H72NO12P. The minimum absolute atomic E-state index is 0.269. The van der Waals surface area contributed by atoms with Crippen LogP contribution in [0.3, 0.4) is 0 Å². The minimum atomic E-state index is -5.14. The molecule has 0 heterocycles. The van der Waals surface area contributed by atoms with Crippen LogP contribution in [0.2, 0.25) is 0 Å². The van der Waals surface area contributed by atoms with E-state index in [0.29, 0.717) is 12.8 Å². The molecule has 0 aliphatic heterocycles. The maximum Gasteiger partial charge on any atom is 0.472 e. The summed E-state index contributed by atoms with van der Waals surface area (Å²) in [5.74, 6) is -0.620. The number of hydrogen-bond acceptors (Lipinski definition) is 11. The normalized spacial score (nSPS) is 25.1. The molecule has 1 aliphatic carbocycles. The van der Waals surface area contributed by atoms with E-state index in [0.717, 1.165) is 57.8 Å². The summed E-state index contributed by atoms with van der Waals surface area (Å²) in [5, 5.41) is 74.0. The SMILES string of the molecule is CCCCC/C=C\C=C/CCCCCCC(O)CC(=O)NC(COP(=O)(O)OC1C(O)C(O)C(O)C(O)C1O)C(O)/C=C/CC/C=C/CCCCCCC. The molecule has 1 aliphatic rings. The summed E-state index contributed by atoms with van der Waals surface area (Å²) >= 11 is 0. The Morgan fingerprint density at radius 1 is 0.667 bits per heavy atom. The molecule has 13 nitrogen and oxygen atoms in total. The summed E-state index contributed by atoms with van der Waals surface area (Å²) in [6, 6.07) is -1.26. The van der Waals surface area contributed by atoms with Gasteiger partial charge >= 0.3 is 7.82 Å². The van der Waals surface area contributed by atoms with Crippen LogP contribution in [-0.4, -0.2) is 108 Å². The fourth-order valence-corrected chi connectivity index (χ4v) is 6.98. The van der Waals surface area contributed by atoms with Crippen molar-refractivity contribution in [2.45, 2.75) is 191 Å². The lowest BCUT2D eigenvalue weighted by Crippen LogP contribution is -2.64. The van der Waals surface area contributed by atoms with Gasteiger partial charge in [0.25, 0.3) is 0 Å². The zero-order valence-electron chi connectivity index (χ0n) is 32.6. The molecule has 8 atom stereocenters. The zero-order chi connectivity index (χ0) is 40.2. The molecule has 1 fully saturated rings. The Morgan fingerprint density at radius 2 is 1.15 bits per heavy atom. The van der Waals surface area contributed by atoms with Gasteiger partial charge in [0, 0.05) is 0 Å². The smallest absolute Gasteiger partial charge is 0.393 e. The van der Waals surface area contributed by atoms with Gasteiger partial charge in [0.15, 0.2) is 0 Å². The molecule has 0 saturated heterocycles. The van der Waals surface area contributed by atoms with Crippen LogP contribution in [0.1, 0.15) is 136 Å². The fourth-order valence-electron chi connectivity index (χ4n) is 6.01. The third kappa shape index (κ3) is 22.7. The Bertz CT molecular complexity index is 1120. The molecule has 1 rings (SSSR count). The summed E-state index contributed by atoms with van der Waals surface area (Å²) < 4.78 is 22.7. The molecular weight excluding hydrogens is 717 g/mol. The molecule has 14 heteroatoms. The van der Waals surface area contributed by atoms with Crippen LogP contribution in [0.4, 0.5) is 0 Å². The highest BCUT2D eigenvalue weighted by Crippen LogP contribution is 2.47. The van der Waals surface area contributed by atoms with E-state index < -0.39 is 75.2 Å². The molecule has 0 aromatic rings. The lowest BCUT2D eigenvalue weighted by Gasteiger charge is -2.41. The van der Waals surface area contributed by atoms with Gasteiger partial charge in [0.2, 0.25) is 5.91 Å².